The van der Waals surface area contributed by atoms with Gasteiger partial charge in [-0.3, -0.25) is 9.10 Å². The Hall–Kier alpha value is -2.54. The van der Waals surface area contributed by atoms with E-state index in [1.165, 1.54) is 16.1 Å². The number of carbonyl (C=O) groups excluding carboxylic acids is 1. The van der Waals surface area contributed by atoms with Crippen LogP contribution in [0.5, 0.6) is 5.75 Å². The highest BCUT2D eigenvalue weighted by molar-refractivity contribution is 7.92. The van der Waals surface area contributed by atoms with Crippen LogP contribution < -0.4 is 14.4 Å². The first-order valence-electron chi connectivity index (χ1n) is 10.5. The van der Waals surface area contributed by atoms with E-state index in [-0.39, 0.29) is 24.3 Å². The van der Waals surface area contributed by atoms with E-state index < -0.39 is 10.0 Å². The van der Waals surface area contributed by atoms with Gasteiger partial charge in [-0.15, -0.1) is 0 Å². The summed E-state index contributed by atoms with van der Waals surface area (Å²) in [5, 5.41) is 2.82. The topological polar surface area (TPSA) is 75.7 Å². The highest BCUT2D eigenvalue weighted by Gasteiger charge is 2.19. The molecular formula is C24H34N2O4S. The van der Waals surface area contributed by atoms with Gasteiger partial charge in [0.25, 0.3) is 0 Å². The summed E-state index contributed by atoms with van der Waals surface area (Å²) in [6.07, 6.45) is 1.87. The van der Waals surface area contributed by atoms with Crippen LogP contribution in [0, 0.1) is 6.92 Å². The average molecular weight is 447 g/mol. The normalized spacial score (nSPS) is 11.8. The lowest BCUT2D eigenvalue weighted by Crippen LogP contribution is -2.33. The number of para-hydroxylation sites is 1. The maximum atomic E-state index is 12.2. The molecule has 170 valence electrons. The van der Waals surface area contributed by atoms with Crippen LogP contribution in [0.15, 0.2) is 48.5 Å². The molecule has 0 unspecified atom stereocenters. The molecule has 0 aliphatic carbocycles. The van der Waals surface area contributed by atoms with Gasteiger partial charge in [0, 0.05) is 13.0 Å². The van der Waals surface area contributed by atoms with E-state index in [1.807, 2.05) is 37.3 Å². The number of benzene rings is 2. The summed E-state index contributed by atoms with van der Waals surface area (Å²) in [5.41, 5.74) is 2.86. The zero-order valence-corrected chi connectivity index (χ0v) is 20.0. The fourth-order valence-electron chi connectivity index (χ4n) is 3.19. The van der Waals surface area contributed by atoms with Crippen LogP contribution in [0.25, 0.3) is 0 Å². The number of hydrogen-bond acceptors (Lipinski definition) is 4. The van der Waals surface area contributed by atoms with Crippen molar-refractivity contribution < 1.29 is 17.9 Å². The van der Waals surface area contributed by atoms with Gasteiger partial charge in [0.2, 0.25) is 15.9 Å². The van der Waals surface area contributed by atoms with Crippen molar-refractivity contribution in [3.05, 3.63) is 59.7 Å². The molecule has 0 spiro atoms. The molecular weight excluding hydrogens is 412 g/mol. The van der Waals surface area contributed by atoms with Gasteiger partial charge in [-0.1, -0.05) is 51.1 Å². The zero-order chi connectivity index (χ0) is 23.1. The molecule has 2 rings (SSSR count). The van der Waals surface area contributed by atoms with Crippen molar-refractivity contribution in [2.75, 3.05) is 30.3 Å². The van der Waals surface area contributed by atoms with Crippen LogP contribution in [0.4, 0.5) is 5.69 Å². The molecule has 0 saturated heterocycles. The Balaban J connectivity index is 1.74. The molecule has 2 aromatic rings. The third-order valence-electron chi connectivity index (χ3n) is 4.96. The molecule has 0 saturated carbocycles. The van der Waals surface area contributed by atoms with Crippen molar-refractivity contribution in [2.24, 2.45) is 0 Å². The monoisotopic (exact) mass is 446 g/mol. The van der Waals surface area contributed by atoms with E-state index in [2.05, 4.69) is 38.2 Å². The van der Waals surface area contributed by atoms with Crippen molar-refractivity contribution >= 4 is 21.6 Å². The SMILES string of the molecule is Cc1ccccc1N(CCCC(=O)NCCOc1ccc(C(C)(C)C)cc1)S(C)(=O)=O. The number of sulfonamides is 1. The number of hydrogen-bond donors (Lipinski definition) is 1. The Bertz CT molecular complexity index is 964. The molecule has 1 N–H and O–H groups in total. The molecule has 0 atom stereocenters. The molecule has 2 aromatic carbocycles. The highest BCUT2D eigenvalue weighted by atomic mass is 32.2. The Kier molecular flexibility index (Phi) is 8.51. The Morgan fingerprint density at radius 2 is 1.71 bits per heavy atom. The van der Waals surface area contributed by atoms with Gasteiger partial charge in [-0.05, 0) is 48.1 Å². The summed E-state index contributed by atoms with van der Waals surface area (Å²) in [7, 11) is -3.42. The van der Waals surface area contributed by atoms with E-state index >= 15 is 0 Å². The van der Waals surface area contributed by atoms with E-state index in [0.717, 1.165) is 11.3 Å². The summed E-state index contributed by atoms with van der Waals surface area (Å²) in [6, 6.07) is 15.3. The van der Waals surface area contributed by atoms with Crippen molar-refractivity contribution in [1.82, 2.24) is 5.32 Å². The molecule has 1 amide bonds. The minimum absolute atomic E-state index is 0.0956. The standard InChI is InChI=1S/C24H34N2O4S/c1-19-9-6-7-10-22(19)26(31(5,28)29)17-8-11-23(27)25-16-18-30-21-14-12-20(13-15-21)24(2,3)4/h6-7,9-10,12-15H,8,11,16-18H2,1-5H3,(H,25,27). The minimum Gasteiger partial charge on any atom is -0.492 e. The molecule has 0 heterocycles. The number of aryl methyl sites for hydroxylation is 1. The van der Waals surface area contributed by atoms with Gasteiger partial charge in [-0.2, -0.15) is 0 Å². The minimum atomic E-state index is -3.42. The van der Waals surface area contributed by atoms with E-state index in [4.69, 9.17) is 4.74 Å². The zero-order valence-electron chi connectivity index (χ0n) is 19.1. The smallest absolute Gasteiger partial charge is 0.232 e. The molecule has 31 heavy (non-hydrogen) atoms. The second kappa shape index (κ2) is 10.7. The molecule has 6 nitrogen and oxygen atoms in total. The van der Waals surface area contributed by atoms with Crippen molar-refractivity contribution in [2.45, 2.75) is 46.0 Å². The highest BCUT2D eigenvalue weighted by Crippen LogP contribution is 2.24. The largest absolute Gasteiger partial charge is 0.492 e. The Labute approximate surface area is 186 Å². The number of anilines is 1. The lowest BCUT2D eigenvalue weighted by Gasteiger charge is -2.24. The molecule has 0 fully saturated rings. The molecule has 0 bridgehead atoms. The second-order valence-electron chi connectivity index (χ2n) is 8.70. The first-order valence-corrected chi connectivity index (χ1v) is 12.4. The Morgan fingerprint density at radius 1 is 1.06 bits per heavy atom. The fraction of sp³-hybridized carbons (Fsp3) is 0.458. The van der Waals surface area contributed by atoms with Gasteiger partial charge in [0.15, 0.2) is 0 Å². The second-order valence-corrected chi connectivity index (χ2v) is 10.6. The number of rotatable bonds is 10. The van der Waals surface area contributed by atoms with Crippen molar-refractivity contribution in [3.8, 4) is 5.75 Å². The number of ether oxygens (including phenoxy) is 1. The van der Waals surface area contributed by atoms with Crippen LogP contribution in [-0.2, 0) is 20.2 Å². The van der Waals surface area contributed by atoms with Crippen LogP contribution in [0.1, 0.15) is 44.7 Å². The van der Waals surface area contributed by atoms with Gasteiger partial charge < -0.3 is 10.1 Å². The number of nitrogens with zero attached hydrogens (tertiary/aromatic N) is 1. The van der Waals surface area contributed by atoms with Crippen LogP contribution >= 0.6 is 0 Å². The van der Waals surface area contributed by atoms with Gasteiger partial charge in [-0.25, -0.2) is 8.42 Å². The van der Waals surface area contributed by atoms with Crippen LogP contribution in [-0.4, -0.2) is 40.3 Å². The fourth-order valence-corrected chi connectivity index (χ4v) is 4.21. The first-order chi connectivity index (χ1) is 14.5. The predicted molar refractivity (Wildman–Crippen MR) is 126 cm³/mol. The quantitative estimate of drug-likeness (QED) is 0.559. The number of carbonyl (C=O) groups is 1. The number of amides is 1. The van der Waals surface area contributed by atoms with Crippen LogP contribution in [0.2, 0.25) is 0 Å². The average Bonchev–Trinajstić information content (AvgIpc) is 2.68. The maximum Gasteiger partial charge on any atom is 0.232 e. The summed E-state index contributed by atoms with van der Waals surface area (Å²) in [6.45, 7) is 9.38. The molecule has 0 aromatic heterocycles. The summed E-state index contributed by atoms with van der Waals surface area (Å²) in [4.78, 5) is 12.1. The predicted octanol–water partition coefficient (Wildman–Crippen LogP) is 4.03. The van der Waals surface area contributed by atoms with Gasteiger partial charge in [0.05, 0.1) is 18.5 Å². The van der Waals surface area contributed by atoms with E-state index in [9.17, 15) is 13.2 Å². The van der Waals surface area contributed by atoms with Gasteiger partial charge >= 0.3 is 0 Å². The third kappa shape index (κ3) is 7.90. The summed E-state index contributed by atoms with van der Waals surface area (Å²) >= 11 is 0. The lowest BCUT2D eigenvalue weighted by atomic mass is 9.87. The number of nitrogens with one attached hydrogen (secondary N) is 1. The Morgan fingerprint density at radius 3 is 2.29 bits per heavy atom. The van der Waals surface area contributed by atoms with E-state index in [1.54, 1.807) is 6.07 Å². The maximum absolute atomic E-state index is 12.2. The molecule has 0 aliphatic heterocycles. The summed E-state index contributed by atoms with van der Waals surface area (Å²) < 4.78 is 31.4. The lowest BCUT2D eigenvalue weighted by molar-refractivity contribution is -0.121. The molecule has 7 heteroatoms. The molecule has 0 radical (unpaired) electrons. The first kappa shape index (κ1) is 24.7. The van der Waals surface area contributed by atoms with Crippen molar-refractivity contribution in [3.63, 3.8) is 0 Å². The molecule has 0 aliphatic rings. The van der Waals surface area contributed by atoms with Gasteiger partial charge in [0.1, 0.15) is 12.4 Å². The van der Waals surface area contributed by atoms with E-state index in [0.29, 0.717) is 25.3 Å². The van der Waals surface area contributed by atoms with Crippen LogP contribution in [0.3, 0.4) is 0 Å². The third-order valence-corrected chi connectivity index (χ3v) is 6.14. The van der Waals surface area contributed by atoms with Crippen molar-refractivity contribution in [1.29, 1.82) is 0 Å². The summed E-state index contributed by atoms with van der Waals surface area (Å²) in [5.74, 6) is 0.647.